The van der Waals surface area contributed by atoms with E-state index in [0.29, 0.717) is 34.5 Å². The topological polar surface area (TPSA) is 94.2 Å². The number of amides is 3. The molecule has 3 amide bonds. The fourth-order valence-electron chi connectivity index (χ4n) is 3.44. The molecular weight excluding hydrogens is 400 g/mol. The molecule has 170 valence electrons. The predicted octanol–water partition coefficient (Wildman–Crippen LogP) is 4.44. The lowest BCUT2D eigenvalue weighted by atomic mass is 9.94. The fraction of sp³-hybridized carbons (Fsp3) is 0.522. The number of nitrogens with zero attached hydrogens (tertiary/aromatic N) is 1. The Morgan fingerprint density at radius 1 is 1.10 bits per heavy atom. The van der Waals surface area contributed by atoms with Gasteiger partial charge in [-0.15, -0.1) is 0 Å². The molecule has 2 rings (SSSR count). The monoisotopic (exact) mass is 432 g/mol. The minimum atomic E-state index is -0.792. The van der Waals surface area contributed by atoms with E-state index in [-0.39, 0.29) is 12.1 Å². The van der Waals surface area contributed by atoms with Crippen LogP contribution in [0, 0.1) is 5.92 Å². The molecule has 31 heavy (non-hydrogen) atoms. The van der Waals surface area contributed by atoms with Crippen LogP contribution in [0.2, 0.25) is 0 Å². The number of carbonyl (C=O) groups excluding carboxylic acids is 3. The number of imide groups is 1. The van der Waals surface area contributed by atoms with Crippen LogP contribution in [-0.4, -0.2) is 37.2 Å². The van der Waals surface area contributed by atoms with Crippen LogP contribution in [0.25, 0.3) is 6.08 Å². The summed E-state index contributed by atoms with van der Waals surface area (Å²) in [5.74, 6) is 0.299. The molecule has 1 unspecified atom stereocenters. The van der Waals surface area contributed by atoms with E-state index < -0.39 is 17.9 Å². The van der Waals surface area contributed by atoms with Gasteiger partial charge < -0.3 is 14.3 Å². The molecule has 1 aromatic rings. The van der Waals surface area contributed by atoms with Gasteiger partial charge in [0.25, 0.3) is 0 Å². The average molecular weight is 433 g/mol. The molecule has 1 aliphatic heterocycles. The maximum Gasteiger partial charge on any atom is 0.363 e. The van der Waals surface area contributed by atoms with Crippen LogP contribution in [0.5, 0.6) is 11.5 Å². The molecule has 1 N–H and O–H groups in total. The highest BCUT2D eigenvalue weighted by molar-refractivity contribution is 6.13. The quantitative estimate of drug-likeness (QED) is 0.388. The van der Waals surface area contributed by atoms with E-state index in [2.05, 4.69) is 19.2 Å². The second kappa shape index (κ2) is 12.0. The second-order valence-corrected chi connectivity index (χ2v) is 7.47. The number of methoxy groups -OCH3 is 2. The molecule has 1 aliphatic rings. The third kappa shape index (κ3) is 6.73. The Hall–Kier alpha value is -3.03. The van der Waals surface area contributed by atoms with Gasteiger partial charge in [-0.3, -0.25) is 10.1 Å². The number of unbranched alkanes of at least 4 members (excludes halogenated alkanes) is 1. The maximum atomic E-state index is 12.5. The zero-order valence-corrected chi connectivity index (χ0v) is 18.7. The lowest BCUT2D eigenvalue weighted by molar-refractivity contribution is -0.181. The van der Waals surface area contributed by atoms with Gasteiger partial charge in [-0.1, -0.05) is 50.7 Å². The first kappa shape index (κ1) is 24.2. The molecule has 0 radical (unpaired) electrons. The summed E-state index contributed by atoms with van der Waals surface area (Å²) < 4.78 is 10.4. The summed E-state index contributed by atoms with van der Waals surface area (Å²) in [5, 5.41) is 2.91. The molecule has 0 aromatic heterocycles. The highest BCUT2D eigenvalue weighted by Crippen LogP contribution is 2.29. The van der Waals surface area contributed by atoms with Crippen LogP contribution in [0.15, 0.2) is 23.9 Å². The molecule has 8 heteroatoms. The third-order valence-corrected chi connectivity index (χ3v) is 5.29. The first-order valence-electron chi connectivity index (χ1n) is 10.7. The van der Waals surface area contributed by atoms with Crippen LogP contribution >= 0.6 is 0 Å². The number of rotatable bonds is 12. The van der Waals surface area contributed by atoms with E-state index in [4.69, 9.17) is 14.3 Å². The van der Waals surface area contributed by atoms with Crippen LogP contribution in [-0.2, 0) is 14.4 Å². The van der Waals surface area contributed by atoms with Crippen molar-refractivity contribution in [1.82, 2.24) is 10.4 Å². The van der Waals surface area contributed by atoms with Crippen molar-refractivity contribution in [3.05, 3.63) is 29.5 Å². The van der Waals surface area contributed by atoms with Gasteiger partial charge in [0.15, 0.2) is 11.5 Å². The van der Waals surface area contributed by atoms with Gasteiger partial charge in [0.05, 0.1) is 14.2 Å². The summed E-state index contributed by atoms with van der Waals surface area (Å²) >= 11 is 0. The Balaban J connectivity index is 1.94. The molecule has 1 atom stereocenters. The Bertz CT molecular complexity index is 820. The molecule has 0 bridgehead atoms. The van der Waals surface area contributed by atoms with Crippen LogP contribution < -0.4 is 14.8 Å². The van der Waals surface area contributed by atoms with E-state index >= 15 is 0 Å². The summed E-state index contributed by atoms with van der Waals surface area (Å²) in [7, 11) is 3.03. The van der Waals surface area contributed by atoms with Crippen molar-refractivity contribution >= 4 is 24.0 Å². The number of hydrogen-bond acceptors (Lipinski definition) is 6. The maximum absolute atomic E-state index is 12.5. The largest absolute Gasteiger partial charge is 0.493 e. The molecule has 1 saturated heterocycles. The third-order valence-electron chi connectivity index (χ3n) is 5.29. The van der Waals surface area contributed by atoms with Crippen molar-refractivity contribution < 1.29 is 28.7 Å². The number of benzene rings is 1. The summed E-state index contributed by atoms with van der Waals surface area (Å²) in [6, 6.07) is 4.28. The first-order valence-corrected chi connectivity index (χ1v) is 10.7. The Labute approximate surface area is 183 Å². The molecule has 0 spiro atoms. The van der Waals surface area contributed by atoms with E-state index in [9.17, 15) is 14.4 Å². The minimum absolute atomic E-state index is 0.00984. The number of hydrogen-bond donors (Lipinski definition) is 1. The molecule has 0 saturated carbocycles. The normalized spacial score (nSPS) is 15.7. The zero-order chi connectivity index (χ0) is 22.8. The summed E-state index contributed by atoms with van der Waals surface area (Å²) in [6.07, 6.45) is 7.80. The first-order chi connectivity index (χ1) is 14.9. The van der Waals surface area contributed by atoms with Crippen LogP contribution in [0.4, 0.5) is 4.79 Å². The highest BCUT2D eigenvalue weighted by atomic mass is 16.7. The lowest BCUT2D eigenvalue weighted by Crippen LogP contribution is -2.33. The van der Waals surface area contributed by atoms with Gasteiger partial charge in [-0.2, -0.15) is 0 Å². The number of hydroxylamine groups is 2. The Kier molecular flexibility index (Phi) is 9.37. The van der Waals surface area contributed by atoms with Crippen LogP contribution in [0.3, 0.4) is 0 Å². The minimum Gasteiger partial charge on any atom is -0.493 e. The summed E-state index contributed by atoms with van der Waals surface area (Å²) in [6.45, 7) is 4.31. The summed E-state index contributed by atoms with van der Waals surface area (Å²) in [5.41, 5.74) is 0.628. The average Bonchev–Trinajstić information content (AvgIpc) is 3.03. The van der Waals surface area contributed by atoms with Gasteiger partial charge in [0.2, 0.25) is 0 Å². The number of ether oxygens (including phenoxy) is 2. The Morgan fingerprint density at radius 3 is 2.45 bits per heavy atom. The number of urea groups is 1. The standard InChI is InChI=1S/C23H32N2O6/c1-5-7-9-16(6-2)10-8-11-21(26)31-25-22(27)18(24-23(25)28)14-17-12-13-19(29-3)20(15-17)30-4/h12-16H,5-11H2,1-4H3,(H,24,28). The van der Waals surface area contributed by atoms with Crippen molar-refractivity contribution in [3.8, 4) is 11.5 Å². The van der Waals surface area contributed by atoms with Gasteiger partial charge in [0.1, 0.15) is 5.70 Å². The molecule has 1 heterocycles. The van der Waals surface area contributed by atoms with Crippen molar-refractivity contribution in [3.63, 3.8) is 0 Å². The van der Waals surface area contributed by atoms with E-state index in [1.165, 1.54) is 26.7 Å². The number of carbonyl (C=O) groups is 3. The Morgan fingerprint density at radius 2 is 1.81 bits per heavy atom. The molecule has 8 nitrogen and oxygen atoms in total. The number of nitrogens with one attached hydrogen (secondary N) is 1. The SMILES string of the molecule is CCCCC(CC)CCCC(=O)ON1C(=O)NC(=Cc2ccc(OC)c(OC)c2)C1=O. The van der Waals surface area contributed by atoms with Crippen molar-refractivity contribution in [2.45, 2.75) is 58.8 Å². The smallest absolute Gasteiger partial charge is 0.363 e. The zero-order valence-electron chi connectivity index (χ0n) is 18.7. The van der Waals surface area contributed by atoms with Crippen LogP contribution in [0.1, 0.15) is 64.4 Å². The molecule has 0 aliphatic carbocycles. The van der Waals surface area contributed by atoms with Gasteiger partial charge in [0, 0.05) is 6.42 Å². The fourth-order valence-corrected chi connectivity index (χ4v) is 3.44. The van der Waals surface area contributed by atoms with E-state index in [1.807, 2.05) is 0 Å². The molecule has 1 aromatic carbocycles. The van der Waals surface area contributed by atoms with Crippen molar-refractivity contribution in [2.24, 2.45) is 5.92 Å². The predicted molar refractivity (Wildman–Crippen MR) is 116 cm³/mol. The molecule has 1 fully saturated rings. The highest BCUT2D eigenvalue weighted by Gasteiger charge is 2.37. The lowest BCUT2D eigenvalue weighted by Gasteiger charge is -2.14. The van der Waals surface area contributed by atoms with E-state index in [0.717, 1.165) is 25.7 Å². The van der Waals surface area contributed by atoms with Crippen molar-refractivity contribution in [1.29, 1.82) is 0 Å². The van der Waals surface area contributed by atoms with Gasteiger partial charge >= 0.3 is 17.9 Å². The second-order valence-electron chi connectivity index (χ2n) is 7.47. The summed E-state index contributed by atoms with van der Waals surface area (Å²) in [4.78, 5) is 41.8. The molecular formula is C23H32N2O6. The van der Waals surface area contributed by atoms with E-state index in [1.54, 1.807) is 18.2 Å². The van der Waals surface area contributed by atoms with Gasteiger partial charge in [-0.05, 0) is 42.5 Å². The van der Waals surface area contributed by atoms with Crippen molar-refractivity contribution in [2.75, 3.05) is 14.2 Å². The van der Waals surface area contributed by atoms with Gasteiger partial charge in [-0.25, -0.2) is 9.59 Å².